The summed E-state index contributed by atoms with van der Waals surface area (Å²) in [5, 5.41) is 5.96. The van der Waals surface area contributed by atoms with Crippen LogP contribution in [0.3, 0.4) is 0 Å². The molecule has 1 atom stereocenters. The van der Waals surface area contributed by atoms with Crippen LogP contribution in [0.15, 0.2) is 22.0 Å². The highest BCUT2D eigenvalue weighted by molar-refractivity contribution is 7.10. The lowest BCUT2D eigenvalue weighted by atomic mass is 10.0. The number of thiophene rings is 1. The Kier molecular flexibility index (Phi) is 4.34. The number of hydrogen-bond donors (Lipinski definition) is 0. The molecule has 0 aromatic carbocycles. The Balaban J connectivity index is 1.76. The zero-order chi connectivity index (χ0) is 14.7. The lowest BCUT2D eigenvalue weighted by Gasteiger charge is -2.33. The fourth-order valence-corrected chi connectivity index (χ4v) is 3.39. The van der Waals surface area contributed by atoms with Crippen LogP contribution < -0.4 is 0 Å². The van der Waals surface area contributed by atoms with Gasteiger partial charge in [-0.2, -0.15) is 4.98 Å². The molecule has 0 bridgehead atoms. The Hall–Kier alpha value is -1.69. The van der Waals surface area contributed by atoms with Crippen molar-refractivity contribution in [2.75, 3.05) is 6.54 Å². The van der Waals surface area contributed by atoms with Gasteiger partial charge >= 0.3 is 0 Å². The highest BCUT2D eigenvalue weighted by Gasteiger charge is 2.31. The molecule has 1 aliphatic rings. The summed E-state index contributed by atoms with van der Waals surface area (Å²) in [6.07, 6.45) is 4.25. The molecule has 1 saturated heterocycles. The predicted molar refractivity (Wildman–Crippen MR) is 80.0 cm³/mol. The van der Waals surface area contributed by atoms with Crippen molar-refractivity contribution < 1.29 is 9.32 Å². The quantitative estimate of drug-likeness (QED) is 0.871. The third kappa shape index (κ3) is 3.15. The zero-order valence-electron chi connectivity index (χ0n) is 12.1. The molecule has 0 spiro atoms. The summed E-state index contributed by atoms with van der Waals surface area (Å²) in [6, 6.07) is 3.93. The van der Waals surface area contributed by atoms with Crippen LogP contribution in [0, 0.1) is 0 Å². The fraction of sp³-hybridized carbons (Fsp3) is 0.533. The van der Waals surface area contributed by atoms with E-state index in [1.165, 1.54) is 0 Å². The molecule has 2 aromatic rings. The van der Waals surface area contributed by atoms with Gasteiger partial charge in [-0.3, -0.25) is 4.79 Å². The highest BCUT2D eigenvalue weighted by Crippen LogP contribution is 2.30. The molecule has 112 valence electrons. The van der Waals surface area contributed by atoms with Crippen LogP contribution in [0.2, 0.25) is 0 Å². The Morgan fingerprint density at radius 3 is 3.14 bits per heavy atom. The number of aromatic nitrogens is 2. The van der Waals surface area contributed by atoms with E-state index < -0.39 is 0 Å². The van der Waals surface area contributed by atoms with Gasteiger partial charge in [-0.1, -0.05) is 18.1 Å². The Morgan fingerprint density at radius 2 is 2.43 bits per heavy atom. The molecule has 21 heavy (non-hydrogen) atoms. The van der Waals surface area contributed by atoms with Crippen molar-refractivity contribution >= 4 is 17.2 Å². The van der Waals surface area contributed by atoms with E-state index in [2.05, 4.69) is 10.1 Å². The van der Waals surface area contributed by atoms with Crippen molar-refractivity contribution in [1.29, 1.82) is 0 Å². The number of nitrogens with zero attached hydrogens (tertiary/aromatic N) is 3. The normalized spacial score (nSPS) is 18.9. The molecular formula is C15H19N3O2S. The maximum atomic E-state index is 12.6. The molecule has 0 radical (unpaired) electrons. The highest BCUT2D eigenvalue weighted by atomic mass is 32.1. The van der Waals surface area contributed by atoms with E-state index in [1.54, 1.807) is 11.3 Å². The van der Waals surface area contributed by atoms with E-state index in [0.717, 1.165) is 37.1 Å². The summed E-state index contributed by atoms with van der Waals surface area (Å²) >= 11 is 1.62. The summed E-state index contributed by atoms with van der Waals surface area (Å²) in [4.78, 5) is 20.0. The van der Waals surface area contributed by atoms with Gasteiger partial charge < -0.3 is 9.42 Å². The molecule has 3 rings (SSSR count). The van der Waals surface area contributed by atoms with Gasteiger partial charge in [0.25, 0.3) is 0 Å². The van der Waals surface area contributed by atoms with Crippen molar-refractivity contribution in [3.63, 3.8) is 0 Å². The largest absolute Gasteiger partial charge is 0.337 e. The predicted octanol–water partition coefficient (Wildman–Crippen LogP) is 2.99. The van der Waals surface area contributed by atoms with Crippen molar-refractivity contribution in [2.45, 2.75) is 45.1 Å². The second-order valence-corrected chi connectivity index (χ2v) is 6.29. The van der Waals surface area contributed by atoms with Gasteiger partial charge in [0.05, 0.1) is 6.42 Å². The van der Waals surface area contributed by atoms with Crippen LogP contribution in [0.5, 0.6) is 0 Å². The van der Waals surface area contributed by atoms with Gasteiger partial charge in [0.1, 0.15) is 6.04 Å². The number of rotatable bonds is 4. The molecule has 0 unspecified atom stereocenters. The lowest BCUT2D eigenvalue weighted by molar-refractivity contribution is -0.134. The number of aryl methyl sites for hydroxylation is 1. The molecule has 1 aliphatic heterocycles. The lowest BCUT2D eigenvalue weighted by Crippen LogP contribution is -2.39. The van der Waals surface area contributed by atoms with Gasteiger partial charge in [-0.15, -0.1) is 11.3 Å². The minimum absolute atomic E-state index is 0.0565. The number of hydrogen-bond acceptors (Lipinski definition) is 5. The smallest absolute Gasteiger partial charge is 0.249 e. The van der Waals surface area contributed by atoms with Crippen LogP contribution in [-0.2, 0) is 17.6 Å². The number of carbonyl (C=O) groups is 1. The van der Waals surface area contributed by atoms with Gasteiger partial charge in [0.15, 0.2) is 5.82 Å². The Bertz CT molecular complexity index is 594. The Labute approximate surface area is 128 Å². The molecule has 5 nitrogen and oxygen atoms in total. The second-order valence-electron chi connectivity index (χ2n) is 5.26. The van der Waals surface area contributed by atoms with E-state index in [1.807, 2.05) is 29.3 Å². The topological polar surface area (TPSA) is 59.2 Å². The number of piperidine rings is 1. The molecule has 2 aromatic heterocycles. The summed E-state index contributed by atoms with van der Waals surface area (Å²) < 4.78 is 5.36. The fourth-order valence-electron chi connectivity index (χ4n) is 2.70. The van der Waals surface area contributed by atoms with Gasteiger partial charge in [0.2, 0.25) is 11.8 Å². The van der Waals surface area contributed by atoms with Gasteiger partial charge in [-0.25, -0.2) is 0 Å². The van der Waals surface area contributed by atoms with Crippen LogP contribution in [-0.4, -0.2) is 27.5 Å². The summed E-state index contributed by atoms with van der Waals surface area (Å²) in [5.41, 5.74) is 0. The van der Waals surface area contributed by atoms with Gasteiger partial charge in [0, 0.05) is 17.8 Å². The van der Waals surface area contributed by atoms with Crippen molar-refractivity contribution in [2.24, 2.45) is 0 Å². The number of likely N-dealkylation sites (tertiary alicyclic amines) is 1. The maximum Gasteiger partial charge on any atom is 0.249 e. The maximum absolute atomic E-state index is 12.6. The number of amides is 1. The van der Waals surface area contributed by atoms with Crippen LogP contribution in [0.25, 0.3) is 0 Å². The first kappa shape index (κ1) is 14.3. The van der Waals surface area contributed by atoms with E-state index in [4.69, 9.17) is 4.52 Å². The molecule has 6 heteroatoms. The molecular weight excluding hydrogens is 286 g/mol. The summed E-state index contributed by atoms with van der Waals surface area (Å²) in [5.74, 6) is 1.45. The zero-order valence-corrected chi connectivity index (χ0v) is 12.9. The minimum Gasteiger partial charge on any atom is -0.337 e. The second kappa shape index (κ2) is 6.39. The van der Waals surface area contributed by atoms with E-state index in [-0.39, 0.29) is 11.9 Å². The van der Waals surface area contributed by atoms with E-state index in [9.17, 15) is 4.79 Å². The minimum atomic E-state index is -0.0565. The molecule has 3 heterocycles. The first-order valence-electron chi connectivity index (χ1n) is 7.42. The van der Waals surface area contributed by atoms with Crippen molar-refractivity contribution in [3.05, 3.63) is 34.1 Å². The summed E-state index contributed by atoms with van der Waals surface area (Å²) in [6.45, 7) is 2.77. The van der Waals surface area contributed by atoms with Crippen LogP contribution in [0.1, 0.15) is 48.8 Å². The van der Waals surface area contributed by atoms with E-state index in [0.29, 0.717) is 18.1 Å². The SMILES string of the molecule is CCc1noc([C@H]2CCCCN2C(=O)Cc2cccs2)n1. The molecule has 0 N–H and O–H groups in total. The summed E-state index contributed by atoms with van der Waals surface area (Å²) in [7, 11) is 0. The monoisotopic (exact) mass is 305 g/mol. The standard InChI is InChI=1S/C15H19N3O2S/c1-2-13-16-15(20-17-13)12-7-3-4-8-18(12)14(19)10-11-6-5-9-21-11/h5-6,9,12H,2-4,7-8,10H2,1H3/t12-/m1/s1. The first-order valence-corrected chi connectivity index (χ1v) is 8.30. The average Bonchev–Trinajstić information content (AvgIpc) is 3.18. The average molecular weight is 305 g/mol. The van der Waals surface area contributed by atoms with Crippen molar-refractivity contribution in [3.8, 4) is 0 Å². The van der Waals surface area contributed by atoms with Crippen LogP contribution in [0.4, 0.5) is 0 Å². The molecule has 1 fully saturated rings. The number of carbonyl (C=O) groups excluding carboxylic acids is 1. The molecule has 0 aliphatic carbocycles. The Morgan fingerprint density at radius 1 is 1.52 bits per heavy atom. The first-order chi connectivity index (χ1) is 10.3. The third-order valence-corrected chi connectivity index (χ3v) is 4.69. The van der Waals surface area contributed by atoms with E-state index >= 15 is 0 Å². The van der Waals surface area contributed by atoms with Crippen molar-refractivity contribution in [1.82, 2.24) is 15.0 Å². The molecule has 1 amide bonds. The third-order valence-electron chi connectivity index (χ3n) is 3.81. The van der Waals surface area contributed by atoms with Gasteiger partial charge in [-0.05, 0) is 30.7 Å². The van der Waals surface area contributed by atoms with Crippen LogP contribution >= 0.6 is 11.3 Å². The molecule has 0 saturated carbocycles.